The summed E-state index contributed by atoms with van der Waals surface area (Å²) < 4.78 is 0. The van der Waals surface area contributed by atoms with E-state index in [1.54, 1.807) is 0 Å². The van der Waals surface area contributed by atoms with Gasteiger partial charge in [0, 0.05) is 26.2 Å². The van der Waals surface area contributed by atoms with E-state index in [0.29, 0.717) is 13.1 Å². The number of nitrogens with zero attached hydrogens (tertiary/aromatic N) is 2. The molecule has 24 heavy (non-hydrogen) atoms. The number of rotatable bonds is 5. The van der Waals surface area contributed by atoms with E-state index in [-0.39, 0.29) is 5.91 Å². The Hall–Kier alpha value is -2.49. The summed E-state index contributed by atoms with van der Waals surface area (Å²) in [6.07, 6.45) is 1.03. The molecule has 2 aromatic rings. The molecule has 1 N–H and O–H groups in total. The first-order valence-electron chi connectivity index (χ1n) is 8.67. The number of benzene rings is 2. The van der Waals surface area contributed by atoms with E-state index in [4.69, 9.17) is 0 Å². The number of anilines is 2. The first kappa shape index (κ1) is 16.4. The first-order valence-corrected chi connectivity index (χ1v) is 8.67. The zero-order valence-electron chi connectivity index (χ0n) is 14.2. The number of carbonyl (C=O) groups excluding carboxylic acids is 1. The van der Waals surface area contributed by atoms with Gasteiger partial charge in [-0.15, -0.1) is 0 Å². The lowest BCUT2D eigenvalue weighted by molar-refractivity contribution is -0.130. The maximum Gasteiger partial charge on any atom is 0.242 e. The maximum absolute atomic E-state index is 12.8. The molecule has 0 radical (unpaired) electrons. The minimum absolute atomic E-state index is 0.179. The van der Waals surface area contributed by atoms with Gasteiger partial charge in [-0.2, -0.15) is 0 Å². The average Bonchev–Trinajstić information content (AvgIpc) is 2.83. The third-order valence-electron chi connectivity index (χ3n) is 4.44. The Bertz CT molecular complexity index is 672. The lowest BCUT2D eigenvalue weighted by Gasteiger charge is -2.28. The minimum atomic E-state index is 0.179. The number of carbonyl (C=O) groups is 1. The molecule has 2 aromatic carbocycles. The van der Waals surface area contributed by atoms with Gasteiger partial charge >= 0.3 is 0 Å². The van der Waals surface area contributed by atoms with Crippen LogP contribution in [-0.2, 0) is 11.3 Å². The van der Waals surface area contributed by atoms with Crippen LogP contribution in [0.4, 0.5) is 11.4 Å². The summed E-state index contributed by atoms with van der Waals surface area (Å²) in [7, 11) is 0. The molecule has 1 heterocycles. The van der Waals surface area contributed by atoms with Crippen LogP contribution in [0.2, 0.25) is 0 Å². The highest BCUT2D eigenvalue weighted by Gasteiger charge is 2.20. The Labute approximate surface area is 144 Å². The molecule has 3 rings (SSSR count). The molecule has 0 saturated heterocycles. The van der Waals surface area contributed by atoms with Crippen molar-refractivity contribution < 1.29 is 4.79 Å². The monoisotopic (exact) mass is 323 g/mol. The lowest BCUT2D eigenvalue weighted by atomic mass is 10.2. The van der Waals surface area contributed by atoms with Crippen molar-refractivity contribution >= 4 is 17.3 Å². The van der Waals surface area contributed by atoms with Crippen LogP contribution in [0, 0.1) is 0 Å². The second-order valence-corrected chi connectivity index (χ2v) is 6.11. The number of amides is 1. The molecule has 0 fully saturated rings. The van der Waals surface area contributed by atoms with Crippen molar-refractivity contribution in [3.05, 3.63) is 60.2 Å². The van der Waals surface area contributed by atoms with Crippen molar-refractivity contribution in [3.8, 4) is 0 Å². The Morgan fingerprint density at radius 3 is 2.67 bits per heavy atom. The smallest absolute Gasteiger partial charge is 0.242 e. The van der Waals surface area contributed by atoms with Gasteiger partial charge in [-0.05, 0) is 31.0 Å². The molecule has 0 unspecified atom stereocenters. The highest BCUT2D eigenvalue weighted by atomic mass is 16.2. The van der Waals surface area contributed by atoms with E-state index < -0.39 is 0 Å². The minimum Gasteiger partial charge on any atom is -0.383 e. The molecule has 0 aliphatic carbocycles. The zero-order valence-corrected chi connectivity index (χ0v) is 14.2. The highest BCUT2D eigenvalue weighted by Crippen LogP contribution is 2.27. The van der Waals surface area contributed by atoms with Crippen LogP contribution in [-0.4, -0.2) is 37.0 Å². The third kappa shape index (κ3) is 3.88. The van der Waals surface area contributed by atoms with Crippen LogP contribution in [0.15, 0.2) is 54.6 Å². The van der Waals surface area contributed by atoms with Gasteiger partial charge in [0.25, 0.3) is 0 Å². The van der Waals surface area contributed by atoms with Gasteiger partial charge in [-0.3, -0.25) is 4.79 Å². The van der Waals surface area contributed by atoms with E-state index in [2.05, 4.69) is 34.5 Å². The number of fused-ring (bicyclic) bond motifs is 1. The zero-order chi connectivity index (χ0) is 16.8. The summed E-state index contributed by atoms with van der Waals surface area (Å²) in [5.41, 5.74) is 3.42. The normalized spacial score (nSPS) is 13.6. The molecule has 1 aliphatic heterocycles. The van der Waals surface area contributed by atoms with Gasteiger partial charge in [-0.1, -0.05) is 42.5 Å². The van der Waals surface area contributed by atoms with E-state index in [1.807, 2.05) is 42.2 Å². The lowest BCUT2D eigenvalue weighted by Crippen LogP contribution is -2.40. The van der Waals surface area contributed by atoms with Crippen molar-refractivity contribution in [2.75, 3.05) is 36.4 Å². The van der Waals surface area contributed by atoms with Gasteiger partial charge in [0.15, 0.2) is 0 Å². The number of likely N-dealkylation sites (N-methyl/N-ethyl adjacent to an activating group) is 1. The maximum atomic E-state index is 12.8. The molecule has 0 bridgehead atoms. The molecule has 1 amide bonds. The fourth-order valence-electron chi connectivity index (χ4n) is 3.12. The van der Waals surface area contributed by atoms with Crippen molar-refractivity contribution in [1.29, 1.82) is 0 Å². The van der Waals surface area contributed by atoms with Crippen LogP contribution < -0.4 is 10.2 Å². The Balaban J connectivity index is 1.71. The Morgan fingerprint density at radius 2 is 1.88 bits per heavy atom. The van der Waals surface area contributed by atoms with Gasteiger partial charge in [0.2, 0.25) is 5.91 Å². The summed E-state index contributed by atoms with van der Waals surface area (Å²) in [6.45, 7) is 5.71. The summed E-state index contributed by atoms with van der Waals surface area (Å²) in [4.78, 5) is 17.0. The van der Waals surface area contributed by atoms with Crippen LogP contribution in [0.3, 0.4) is 0 Å². The van der Waals surface area contributed by atoms with Gasteiger partial charge < -0.3 is 15.1 Å². The largest absolute Gasteiger partial charge is 0.383 e. The number of hydrogen-bond donors (Lipinski definition) is 1. The fourth-order valence-corrected chi connectivity index (χ4v) is 3.12. The standard InChI is InChI=1S/C20H25N3O/c1-2-22(15-17-9-4-3-5-10-17)20(24)16-23-14-8-13-21-18-11-6-7-12-19(18)23/h3-7,9-12,21H,2,8,13-16H2,1H3. The molecule has 4 nitrogen and oxygen atoms in total. The van der Waals surface area contributed by atoms with Gasteiger partial charge in [0.05, 0.1) is 17.9 Å². The number of nitrogens with one attached hydrogen (secondary N) is 1. The molecule has 4 heteroatoms. The second-order valence-electron chi connectivity index (χ2n) is 6.11. The topological polar surface area (TPSA) is 35.6 Å². The SMILES string of the molecule is CCN(Cc1ccccc1)C(=O)CN1CCCNc2ccccc21. The van der Waals surface area contributed by atoms with Crippen molar-refractivity contribution in [2.45, 2.75) is 19.9 Å². The molecule has 0 spiro atoms. The number of para-hydroxylation sites is 2. The molecule has 0 saturated carbocycles. The average molecular weight is 323 g/mol. The second kappa shape index (κ2) is 7.86. The summed E-state index contributed by atoms with van der Waals surface area (Å²) in [5.74, 6) is 0.179. The molecule has 1 aliphatic rings. The van der Waals surface area contributed by atoms with Crippen LogP contribution in [0.1, 0.15) is 18.9 Å². The Kier molecular flexibility index (Phi) is 5.36. The van der Waals surface area contributed by atoms with Gasteiger partial charge in [-0.25, -0.2) is 0 Å². The van der Waals surface area contributed by atoms with Crippen molar-refractivity contribution in [3.63, 3.8) is 0 Å². The highest BCUT2D eigenvalue weighted by molar-refractivity contribution is 5.83. The van der Waals surface area contributed by atoms with Crippen LogP contribution in [0.25, 0.3) is 0 Å². The first-order chi connectivity index (χ1) is 11.8. The molecular formula is C20H25N3O. The molecule has 0 atom stereocenters. The Morgan fingerprint density at radius 1 is 1.12 bits per heavy atom. The molecular weight excluding hydrogens is 298 g/mol. The molecule has 0 aromatic heterocycles. The number of hydrogen-bond acceptors (Lipinski definition) is 3. The van der Waals surface area contributed by atoms with E-state index in [1.165, 1.54) is 5.56 Å². The summed E-state index contributed by atoms with van der Waals surface area (Å²) in [5, 5.41) is 3.44. The summed E-state index contributed by atoms with van der Waals surface area (Å²) in [6, 6.07) is 18.4. The molecule has 126 valence electrons. The van der Waals surface area contributed by atoms with Gasteiger partial charge in [0.1, 0.15) is 0 Å². The predicted octanol–water partition coefficient (Wildman–Crippen LogP) is 3.36. The van der Waals surface area contributed by atoms with Crippen molar-refractivity contribution in [2.24, 2.45) is 0 Å². The van der Waals surface area contributed by atoms with Crippen LogP contribution >= 0.6 is 0 Å². The third-order valence-corrected chi connectivity index (χ3v) is 4.44. The fraction of sp³-hybridized carbons (Fsp3) is 0.350. The summed E-state index contributed by atoms with van der Waals surface area (Å²) >= 11 is 0. The van der Waals surface area contributed by atoms with Crippen molar-refractivity contribution in [1.82, 2.24) is 4.90 Å². The van der Waals surface area contributed by atoms with Crippen LogP contribution in [0.5, 0.6) is 0 Å². The quantitative estimate of drug-likeness (QED) is 0.916. The predicted molar refractivity (Wildman–Crippen MR) is 99.3 cm³/mol. The van der Waals surface area contributed by atoms with E-state index >= 15 is 0 Å². The van der Waals surface area contributed by atoms with E-state index in [0.717, 1.165) is 37.4 Å². The van der Waals surface area contributed by atoms with E-state index in [9.17, 15) is 4.79 Å².